The number of nitrogens with zero attached hydrogens (tertiary/aromatic N) is 2. The van der Waals surface area contributed by atoms with Crippen molar-refractivity contribution in [3.05, 3.63) is 12.3 Å². The Hall–Kier alpha value is -1.41. The third kappa shape index (κ3) is 6.03. The van der Waals surface area contributed by atoms with Crippen molar-refractivity contribution < 1.29 is 13.2 Å². The largest absolute Gasteiger partial charge is 0.478 e. The summed E-state index contributed by atoms with van der Waals surface area (Å²) in [6.07, 6.45) is 1.97. The summed E-state index contributed by atoms with van der Waals surface area (Å²) in [5.74, 6) is 0.826. The number of ether oxygens (including phenoxy) is 1. The Labute approximate surface area is 100 Å². The van der Waals surface area contributed by atoms with Crippen molar-refractivity contribution in [1.82, 2.24) is 9.97 Å². The zero-order valence-corrected chi connectivity index (χ0v) is 10.4. The van der Waals surface area contributed by atoms with E-state index in [1.54, 1.807) is 12.3 Å². The van der Waals surface area contributed by atoms with E-state index in [0.29, 0.717) is 31.4 Å². The number of nitrogens with one attached hydrogen (secondary N) is 1. The molecule has 1 heterocycles. The second kappa shape index (κ2) is 6.36. The zero-order valence-electron chi connectivity index (χ0n) is 9.59. The van der Waals surface area contributed by atoms with Crippen LogP contribution in [-0.4, -0.2) is 37.3 Å². The first-order valence-corrected chi connectivity index (χ1v) is 6.93. The van der Waals surface area contributed by atoms with Gasteiger partial charge >= 0.3 is 0 Å². The molecule has 0 amide bonds. The average molecular weight is 260 g/mol. The number of aromatic nitrogens is 2. The van der Waals surface area contributed by atoms with E-state index in [0.717, 1.165) is 0 Å². The summed E-state index contributed by atoms with van der Waals surface area (Å²) in [7, 11) is -3.40. The van der Waals surface area contributed by atoms with Gasteiger partial charge in [0.15, 0.2) is 0 Å². The molecule has 17 heavy (non-hydrogen) atoms. The molecule has 0 aliphatic heterocycles. The monoisotopic (exact) mass is 260 g/mol. The quantitative estimate of drug-likeness (QED) is 0.666. The van der Waals surface area contributed by atoms with E-state index in [1.165, 1.54) is 0 Å². The van der Waals surface area contributed by atoms with Gasteiger partial charge in [-0.2, -0.15) is 4.98 Å². The fraction of sp³-hybridized carbons (Fsp3) is 0.556. The molecule has 0 saturated carbocycles. The number of nitrogens with two attached hydrogens (primary N) is 1. The van der Waals surface area contributed by atoms with Crippen LogP contribution in [0, 0.1) is 0 Å². The molecule has 7 nitrogen and oxygen atoms in total. The Balaban J connectivity index is 2.38. The first-order chi connectivity index (χ1) is 8.01. The molecule has 0 saturated heterocycles. The first kappa shape index (κ1) is 13.7. The van der Waals surface area contributed by atoms with Crippen LogP contribution in [0.3, 0.4) is 0 Å². The summed E-state index contributed by atoms with van der Waals surface area (Å²) in [6, 6.07) is 1.65. The Kier molecular flexibility index (Phi) is 5.11. The average Bonchev–Trinajstić information content (AvgIpc) is 2.24. The Morgan fingerprint density at radius 1 is 1.53 bits per heavy atom. The molecule has 0 aromatic carbocycles. The molecule has 0 aliphatic carbocycles. The van der Waals surface area contributed by atoms with Gasteiger partial charge in [0, 0.05) is 18.8 Å². The normalized spacial score (nSPS) is 11.2. The van der Waals surface area contributed by atoms with Crippen LogP contribution < -0.4 is 15.2 Å². The molecule has 0 aliphatic rings. The molecule has 8 heteroatoms. The molecular weight excluding hydrogens is 244 g/mol. The van der Waals surface area contributed by atoms with Gasteiger partial charge in [-0.05, 0) is 13.3 Å². The molecule has 0 atom stereocenters. The first-order valence-electron chi connectivity index (χ1n) is 5.21. The van der Waals surface area contributed by atoms with E-state index < -0.39 is 10.0 Å². The summed E-state index contributed by atoms with van der Waals surface area (Å²) < 4.78 is 26.6. The molecular formula is C9H16N4O3S. The standard InChI is InChI=1S/C9H16N4O3S/c1-2-16-8-4-6-12-9(13-8)11-5-3-7-17(10,14)15/h4,6H,2-3,5,7H2,1H3,(H2,10,14,15)(H,11,12,13). The van der Waals surface area contributed by atoms with Gasteiger partial charge in [-0.1, -0.05) is 0 Å². The molecule has 0 radical (unpaired) electrons. The van der Waals surface area contributed by atoms with E-state index in [2.05, 4.69) is 15.3 Å². The van der Waals surface area contributed by atoms with Crippen molar-refractivity contribution in [2.45, 2.75) is 13.3 Å². The number of rotatable bonds is 7. The van der Waals surface area contributed by atoms with Gasteiger partial charge in [0.05, 0.1) is 12.4 Å². The second-order valence-corrected chi connectivity index (χ2v) is 5.03. The van der Waals surface area contributed by atoms with Crippen molar-refractivity contribution in [3.8, 4) is 5.88 Å². The Morgan fingerprint density at radius 2 is 2.29 bits per heavy atom. The van der Waals surface area contributed by atoms with Crippen LogP contribution in [0.4, 0.5) is 5.95 Å². The zero-order chi connectivity index (χ0) is 12.7. The highest BCUT2D eigenvalue weighted by Gasteiger charge is 2.03. The van der Waals surface area contributed by atoms with Gasteiger partial charge in [-0.15, -0.1) is 0 Å². The molecule has 1 rings (SSSR count). The minimum atomic E-state index is -3.40. The van der Waals surface area contributed by atoms with Crippen LogP contribution in [0.15, 0.2) is 12.3 Å². The lowest BCUT2D eigenvalue weighted by Gasteiger charge is -2.06. The number of sulfonamides is 1. The number of hydrogen-bond donors (Lipinski definition) is 2. The molecule has 1 aromatic rings. The van der Waals surface area contributed by atoms with Crippen molar-refractivity contribution in [2.75, 3.05) is 24.2 Å². The maximum absolute atomic E-state index is 10.7. The summed E-state index contributed by atoms with van der Waals surface area (Å²) in [4.78, 5) is 8.04. The van der Waals surface area contributed by atoms with Crippen LogP contribution in [0.25, 0.3) is 0 Å². The predicted octanol–water partition coefficient (Wildman–Crippen LogP) is -0.0342. The molecule has 0 spiro atoms. The summed E-state index contributed by atoms with van der Waals surface area (Å²) in [5.41, 5.74) is 0. The second-order valence-electron chi connectivity index (χ2n) is 3.30. The number of hydrogen-bond acceptors (Lipinski definition) is 6. The maximum atomic E-state index is 10.7. The smallest absolute Gasteiger partial charge is 0.225 e. The maximum Gasteiger partial charge on any atom is 0.225 e. The van der Waals surface area contributed by atoms with E-state index in [4.69, 9.17) is 9.88 Å². The molecule has 3 N–H and O–H groups in total. The highest BCUT2D eigenvalue weighted by Crippen LogP contribution is 2.07. The van der Waals surface area contributed by atoms with Gasteiger partial charge in [0.1, 0.15) is 0 Å². The molecule has 1 aromatic heterocycles. The molecule has 0 bridgehead atoms. The number of anilines is 1. The molecule has 0 unspecified atom stereocenters. The van der Waals surface area contributed by atoms with Crippen molar-refractivity contribution in [3.63, 3.8) is 0 Å². The highest BCUT2D eigenvalue weighted by molar-refractivity contribution is 7.89. The van der Waals surface area contributed by atoms with Crippen LogP contribution in [0.2, 0.25) is 0 Å². The summed E-state index contributed by atoms with van der Waals surface area (Å²) in [6.45, 7) is 2.83. The third-order valence-corrected chi connectivity index (χ3v) is 2.67. The van der Waals surface area contributed by atoms with Crippen LogP contribution >= 0.6 is 0 Å². The molecule has 96 valence electrons. The van der Waals surface area contributed by atoms with Crippen molar-refractivity contribution in [1.29, 1.82) is 0 Å². The minimum Gasteiger partial charge on any atom is -0.478 e. The van der Waals surface area contributed by atoms with Crippen molar-refractivity contribution in [2.24, 2.45) is 5.14 Å². The van der Waals surface area contributed by atoms with Gasteiger partial charge in [-0.3, -0.25) is 0 Å². The molecule has 0 fully saturated rings. The van der Waals surface area contributed by atoms with Gasteiger partial charge in [-0.25, -0.2) is 18.5 Å². The lowest BCUT2D eigenvalue weighted by atomic mass is 10.5. The summed E-state index contributed by atoms with van der Waals surface area (Å²) >= 11 is 0. The van der Waals surface area contributed by atoms with E-state index >= 15 is 0 Å². The van der Waals surface area contributed by atoms with E-state index in [1.807, 2.05) is 6.92 Å². The lowest BCUT2D eigenvalue weighted by molar-refractivity contribution is 0.326. The minimum absolute atomic E-state index is 0.0643. The predicted molar refractivity (Wildman–Crippen MR) is 64.3 cm³/mol. The van der Waals surface area contributed by atoms with Crippen LogP contribution in [0.5, 0.6) is 5.88 Å². The topological polar surface area (TPSA) is 107 Å². The Bertz CT molecular complexity index is 449. The van der Waals surface area contributed by atoms with Gasteiger partial charge in [0.25, 0.3) is 0 Å². The van der Waals surface area contributed by atoms with Crippen molar-refractivity contribution >= 4 is 16.0 Å². The van der Waals surface area contributed by atoms with Crippen LogP contribution in [0.1, 0.15) is 13.3 Å². The third-order valence-electron chi connectivity index (χ3n) is 1.81. The number of primary sulfonamides is 1. The van der Waals surface area contributed by atoms with Gasteiger partial charge < -0.3 is 10.1 Å². The summed E-state index contributed by atoms with van der Waals surface area (Å²) in [5, 5.41) is 7.77. The SMILES string of the molecule is CCOc1ccnc(NCCCS(N)(=O)=O)n1. The fourth-order valence-corrected chi connectivity index (χ4v) is 1.68. The van der Waals surface area contributed by atoms with Gasteiger partial charge in [0.2, 0.25) is 21.9 Å². The van der Waals surface area contributed by atoms with E-state index in [9.17, 15) is 8.42 Å². The highest BCUT2D eigenvalue weighted by atomic mass is 32.2. The van der Waals surface area contributed by atoms with E-state index in [-0.39, 0.29) is 5.75 Å². The lowest BCUT2D eigenvalue weighted by Crippen LogP contribution is -2.19. The fourth-order valence-electron chi connectivity index (χ4n) is 1.13. The Morgan fingerprint density at radius 3 is 2.94 bits per heavy atom. The van der Waals surface area contributed by atoms with Crippen LogP contribution in [-0.2, 0) is 10.0 Å².